The van der Waals surface area contributed by atoms with Crippen molar-refractivity contribution in [2.45, 2.75) is 32.6 Å². The second-order valence-corrected chi connectivity index (χ2v) is 6.72. The van der Waals surface area contributed by atoms with Crippen molar-refractivity contribution < 1.29 is 13.9 Å². The van der Waals surface area contributed by atoms with Gasteiger partial charge in [-0.15, -0.1) is 0 Å². The van der Waals surface area contributed by atoms with Gasteiger partial charge in [-0.05, 0) is 61.7 Å². The van der Waals surface area contributed by atoms with E-state index in [1.807, 2.05) is 43.3 Å². The number of benzene rings is 1. The van der Waals surface area contributed by atoms with Crippen LogP contribution >= 0.6 is 0 Å². The molecule has 1 amide bonds. The molecule has 5 heteroatoms. The van der Waals surface area contributed by atoms with Crippen LogP contribution in [0, 0.1) is 17.2 Å². The molecule has 0 N–H and O–H groups in total. The summed E-state index contributed by atoms with van der Waals surface area (Å²) in [6.45, 7) is 5.04. The highest BCUT2D eigenvalue weighted by Gasteiger charge is 2.36. The van der Waals surface area contributed by atoms with Crippen LogP contribution < -0.4 is 9.64 Å². The molecule has 2 unspecified atom stereocenters. The van der Waals surface area contributed by atoms with E-state index in [1.165, 1.54) is 6.08 Å². The van der Waals surface area contributed by atoms with E-state index in [-0.39, 0.29) is 12.3 Å². The molecule has 1 aromatic heterocycles. The molecule has 0 radical (unpaired) electrons. The number of anilines is 1. The van der Waals surface area contributed by atoms with Crippen molar-refractivity contribution in [1.29, 1.82) is 5.26 Å². The summed E-state index contributed by atoms with van der Waals surface area (Å²) in [6, 6.07) is 13.3. The molecule has 1 heterocycles. The molecule has 2 aromatic rings. The molecule has 5 nitrogen and oxygen atoms in total. The number of furan rings is 1. The van der Waals surface area contributed by atoms with E-state index in [0.29, 0.717) is 30.7 Å². The van der Waals surface area contributed by atoms with Crippen LogP contribution in [0.1, 0.15) is 44.1 Å². The Morgan fingerprint density at radius 1 is 1.33 bits per heavy atom. The molecule has 0 aliphatic heterocycles. The molecule has 27 heavy (non-hydrogen) atoms. The van der Waals surface area contributed by atoms with Crippen molar-refractivity contribution in [3.63, 3.8) is 0 Å². The van der Waals surface area contributed by atoms with E-state index in [2.05, 4.69) is 13.0 Å². The Bertz CT molecular complexity index is 845. The van der Waals surface area contributed by atoms with E-state index in [4.69, 9.17) is 14.4 Å². The predicted molar refractivity (Wildman–Crippen MR) is 104 cm³/mol. The van der Waals surface area contributed by atoms with Crippen molar-refractivity contribution in [1.82, 2.24) is 0 Å². The van der Waals surface area contributed by atoms with E-state index in [9.17, 15) is 4.79 Å². The molecule has 0 spiro atoms. The number of carbonyl (C=O) groups excluding carboxylic acids is 1. The Balaban J connectivity index is 1.70. The van der Waals surface area contributed by atoms with Gasteiger partial charge in [0, 0.05) is 24.2 Å². The van der Waals surface area contributed by atoms with Gasteiger partial charge in [0.05, 0.1) is 19.1 Å². The summed E-state index contributed by atoms with van der Waals surface area (Å²) in [6.07, 6.45) is 4.60. The molecule has 2 atom stereocenters. The zero-order chi connectivity index (χ0) is 19.2. The second-order valence-electron chi connectivity index (χ2n) is 6.72. The van der Waals surface area contributed by atoms with Gasteiger partial charge in [-0.25, -0.2) is 0 Å². The summed E-state index contributed by atoms with van der Waals surface area (Å²) in [7, 11) is 0. The molecular weight excluding hydrogens is 340 g/mol. The van der Waals surface area contributed by atoms with Gasteiger partial charge in [0.25, 0.3) is 5.91 Å². The second kappa shape index (κ2) is 8.59. The summed E-state index contributed by atoms with van der Waals surface area (Å²) in [5, 5.41) is 8.91. The predicted octanol–water partition coefficient (Wildman–Crippen LogP) is 4.76. The fraction of sp³-hybridized carbons (Fsp3) is 0.364. The van der Waals surface area contributed by atoms with E-state index >= 15 is 0 Å². The normalized spacial score (nSPS) is 18.3. The van der Waals surface area contributed by atoms with Gasteiger partial charge < -0.3 is 14.1 Å². The summed E-state index contributed by atoms with van der Waals surface area (Å²) in [5.74, 6) is 3.41. The summed E-state index contributed by atoms with van der Waals surface area (Å²) < 4.78 is 11.3. The van der Waals surface area contributed by atoms with Crippen LogP contribution in [0.2, 0.25) is 0 Å². The van der Waals surface area contributed by atoms with E-state index in [1.54, 1.807) is 11.0 Å². The van der Waals surface area contributed by atoms with Crippen molar-refractivity contribution in [3.8, 4) is 11.8 Å². The van der Waals surface area contributed by atoms with Gasteiger partial charge in [-0.2, -0.15) is 5.26 Å². The first-order valence-electron chi connectivity index (χ1n) is 9.31. The number of amides is 1. The zero-order valence-corrected chi connectivity index (χ0v) is 15.7. The maximum absolute atomic E-state index is 12.7. The topological polar surface area (TPSA) is 66.5 Å². The number of rotatable bonds is 8. The Morgan fingerprint density at radius 3 is 2.70 bits per heavy atom. The van der Waals surface area contributed by atoms with Crippen LogP contribution in [0.4, 0.5) is 5.69 Å². The van der Waals surface area contributed by atoms with Crippen molar-refractivity contribution in [2.24, 2.45) is 5.92 Å². The Kier molecular flexibility index (Phi) is 5.97. The largest absolute Gasteiger partial charge is 0.494 e. The highest BCUT2D eigenvalue weighted by atomic mass is 16.5. The van der Waals surface area contributed by atoms with Crippen LogP contribution in [-0.2, 0) is 4.79 Å². The highest BCUT2D eigenvalue weighted by Crippen LogP contribution is 2.47. The molecule has 1 saturated carbocycles. The fourth-order valence-corrected chi connectivity index (χ4v) is 3.04. The van der Waals surface area contributed by atoms with Crippen LogP contribution in [0.5, 0.6) is 5.75 Å². The average molecular weight is 364 g/mol. The van der Waals surface area contributed by atoms with E-state index < -0.39 is 0 Å². The molecule has 1 aliphatic rings. The molecular formula is C22H24N2O3. The van der Waals surface area contributed by atoms with Gasteiger partial charge in [0.15, 0.2) is 0 Å². The van der Waals surface area contributed by atoms with Crippen LogP contribution in [-0.4, -0.2) is 19.1 Å². The summed E-state index contributed by atoms with van der Waals surface area (Å²) >= 11 is 0. The molecule has 3 rings (SSSR count). The minimum Gasteiger partial charge on any atom is -0.494 e. The summed E-state index contributed by atoms with van der Waals surface area (Å²) in [5.41, 5.74) is 0.732. The van der Waals surface area contributed by atoms with Gasteiger partial charge in [-0.3, -0.25) is 4.79 Å². The third-order valence-corrected chi connectivity index (χ3v) is 4.69. The van der Waals surface area contributed by atoms with Crippen molar-refractivity contribution in [2.75, 3.05) is 18.1 Å². The van der Waals surface area contributed by atoms with Crippen LogP contribution in [0.3, 0.4) is 0 Å². The first kappa shape index (κ1) is 18.8. The van der Waals surface area contributed by atoms with Crippen LogP contribution in [0.15, 0.2) is 46.9 Å². The fourth-order valence-electron chi connectivity index (χ4n) is 3.04. The molecule has 140 valence electrons. The zero-order valence-electron chi connectivity index (χ0n) is 15.7. The minimum atomic E-state index is -0.188. The third-order valence-electron chi connectivity index (χ3n) is 4.69. The minimum absolute atomic E-state index is 0.188. The van der Waals surface area contributed by atoms with Gasteiger partial charge in [0.2, 0.25) is 0 Å². The highest BCUT2D eigenvalue weighted by molar-refractivity contribution is 6.03. The van der Waals surface area contributed by atoms with Gasteiger partial charge in [0.1, 0.15) is 17.3 Å². The number of hydrogen-bond donors (Lipinski definition) is 0. The van der Waals surface area contributed by atoms with E-state index in [0.717, 1.165) is 23.6 Å². The quantitative estimate of drug-likeness (QED) is 0.633. The van der Waals surface area contributed by atoms with Gasteiger partial charge >= 0.3 is 0 Å². The Morgan fingerprint density at radius 2 is 2.07 bits per heavy atom. The Hall–Kier alpha value is -3.00. The monoisotopic (exact) mass is 364 g/mol. The number of hydrogen-bond acceptors (Lipinski definition) is 4. The number of ether oxygens (including phenoxy) is 1. The molecule has 1 aliphatic carbocycles. The lowest BCUT2D eigenvalue weighted by molar-refractivity contribution is -0.114. The molecule has 0 bridgehead atoms. The third kappa shape index (κ3) is 4.79. The molecule has 1 fully saturated rings. The SMILES string of the molecule is CCOc1ccc(N(CCC#N)C(=O)/C=C/c2ccc(C3CC3C)o2)cc1. The number of nitriles is 1. The maximum Gasteiger partial charge on any atom is 0.251 e. The number of carbonyl (C=O) groups is 1. The van der Waals surface area contributed by atoms with Crippen LogP contribution in [0.25, 0.3) is 6.08 Å². The lowest BCUT2D eigenvalue weighted by atomic mass is 10.2. The average Bonchev–Trinajstić information content (AvgIpc) is 3.22. The molecule has 0 saturated heterocycles. The Labute approximate surface area is 159 Å². The first-order valence-corrected chi connectivity index (χ1v) is 9.31. The number of nitrogens with zero attached hydrogens (tertiary/aromatic N) is 2. The smallest absolute Gasteiger partial charge is 0.251 e. The van der Waals surface area contributed by atoms with Gasteiger partial charge in [-0.1, -0.05) is 6.92 Å². The van der Waals surface area contributed by atoms with Crippen molar-refractivity contribution in [3.05, 3.63) is 54.0 Å². The maximum atomic E-state index is 12.7. The standard InChI is InChI=1S/C22H24N2O3/c1-3-26-18-7-5-17(6-8-18)24(14-4-13-23)22(25)12-10-19-9-11-21(27-19)20-15-16(20)2/h5-12,16,20H,3-4,14-15H2,1-2H3/b12-10+. The first-order chi connectivity index (χ1) is 13.1. The lowest BCUT2D eigenvalue weighted by Gasteiger charge is -2.20. The molecule has 1 aromatic carbocycles. The lowest BCUT2D eigenvalue weighted by Crippen LogP contribution is -2.30. The van der Waals surface area contributed by atoms with Crippen molar-refractivity contribution >= 4 is 17.7 Å². The summed E-state index contributed by atoms with van der Waals surface area (Å²) in [4.78, 5) is 14.3.